The lowest BCUT2D eigenvalue weighted by Crippen LogP contribution is -2.34. The first-order valence-electron chi connectivity index (χ1n) is 7.01. The molecule has 1 aromatic rings. The molecule has 1 aliphatic heterocycles. The zero-order valence-corrected chi connectivity index (χ0v) is 13.8. The van der Waals surface area contributed by atoms with Crippen molar-refractivity contribution in [3.63, 3.8) is 0 Å². The Morgan fingerprint density at radius 2 is 2.21 bits per heavy atom. The molecule has 4 heteroatoms. The number of benzene rings is 1. The normalized spacial score (nSPS) is 23.1. The minimum atomic E-state index is 0.242. The summed E-state index contributed by atoms with van der Waals surface area (Å²) in [5, 5.41) is 0.808. The number of hydrogen-bond donors (Lipinski definition) is 1. The third-order valence-corrected chi connectivity index (χ3v) is 4.86. The Balaban J connectivity index is 2.18. The predicted molar refractivity (Wildman–Crippen MR) is 85.5 cm³/mol. The molecule has 1 heterocycles. The minimum Gasteiger partial charge on any atom is -0.329 e. The van der Waals surface area contributed by atoms with Crippen molar-refractivity contribution in [3.8, 4) is 0 Å². The van der Waals surface area contributed by atoms with E-state index in [2.05, 4.69) is 33.8 Å². The monoisotopic (exact) mass is 344 g/mol. The fourth-order valence-corrected chi connectivity index (χ4v) is 3.64. The zero-order chi connectivity index (χ0) is 13.8. The maximum Gasteiger partial charge on any atom is 0.0485 e. The summed E-state index contributed by atoms with van der Waals surface area (Å²) in [5.74, 6) is 0.823. The van der Waals surface area contributed by atoms with Crippen molar-refractivity contribution >= 4 is 27.5 Å². The van der Waals surface area contributed by atoms with Crippen LogP contribution < -0.4 is 5.73 Å². The van der Waals surface area contributed by atoms with Crippen LogP contribution in [0.4, 0.5) is 0 Å². The summed E-state index contributed by atoms with van der Waals surface area (Å²) in [5.41, 5.74) is 7.17. The Morgan fingerprint density at radius 1 is 1.42 bits per heavy atom. The van der Waals surface area contributed by atoms with Crippen LogP contribution in [0, 0.1) is 5.92 Å². The number of hydrogen-bond acceptors (Lipinski definition) is 2. The van der Waals surface area contributed by atoms with Crippen LogP contribution in [0.1, 0.15) is 37.8 Å². The molecule has 2 unspecified atom stereocenters. The number of rotatable bonds is 3. The first kappa shape index (κ1) is 15.3. The van der Waals surface area contributed by atoms with Crippen molar-refractivity contribution in [1.82, 2.24) is 4.90 Å². The lowest BCUT2D eigenvalue weighted by molar-refractivity contribution is 0.207. The first-order valence-corrected chi connectivity index (χ1v) is 8.18. The summed E-state index contributed by atoms with van der Waals surface area (Å²) in [7, 11) is 0. The highest BCUT2D eigenvalue weighted by atomic mass is 79.9. The Morgan fingerprint density at radius 3 is 2.89 bits per heavy atom. The maximum atomic E-state index is 6.38. The average Bonchev–Trinajstić information content (AvgIpc) is 2.58. The molecule has 0 saturated carbocycles. The van der Waals surface area contributed by atoms with Crippen LogP contribution in [0.25, 0.3) is 0 Å². The number of nitrogens with zero attached hydrogens (tertiary/aromatic N) is 1. The van der Waals surface area contributed by atoms with E-state index in [0.29, 0.717) is 6.54 Å². The van der Waals surface area contributed by atoms with Crippen LogP contribution >= 0.6 is 27.5 Å². The van der Waals surface area contributed by atoms with E-state index in [0.717, 1.165) is 34.1 Å². The molecule has 1 aliphatic rings. The van der Waals surface area contributed by atoms with E-state index in [1.54, 1.807) is 0 Å². The molecule has 0 spiro atoms. The van der Waals surface area contributed by atoms with Crippen molar-refractivity contribution < 1.29 is 0 Å². The lowest BCUT2D eigenvalue weighted by atomic mass is 10.0. The maximum absolute atomic E-state index is 6.38. The summed E-state index contributed by atoms with van der Waals surface area (Å²) < 4.78 is 1.02. The summed E-state index contributed by atoms with van der Waals surface area (Å²) >= 11 is 9.83. The average molecular weight is 346 g/mol. The number of halogens is 2. The van der Waals surface area contributed by atoms with Crippen molar-refractivity contribution in [1.29, 1.82) is 0 Å². The van der Waals surface area contributed by atoms with Gasteiger partial charge in [-0.1, -0.05) is 40.5 Å². The molecule has 0 amide bonds. The van der Waals surface area contributed by atoms with Crippen molar-refractivity contribution in [2.24, 2.45) is 11.7 Å². The van der Waals surface area contributed by atoms with E-state index in [9.17, 15) is 0 Å². The van der Waals surface area contributed by atoms with E-state index >= 15 is 0 Å². The van der Waals surface area contributed by atoms with Gasteiger partial charge in [0.05, 0.1) is 0 Å². The van der Waals surface area contributed by atoms with Gasteiger partial charge in [-0.05, 0) is 56.0 Å². The van der Waals surface area contributed by atoms with Crippen molar-refractivity contribution in [3.05, 3.63) is 33.3 Å². The van der Waals surface area contributed by atoms with E-state index in [1.165, 1.54) is 19.3 Å². The third-order valence-electron chi connectivity index (χ3n) is 4.04. The van der Waals surface area contributed by atoms with Crippen LogP contribution in [0.15, 0.2) is 22.7 Å². The van der Waals surface area contributed by atoms with Gasteiger partial charge in [0, 0.05) is 22.1 Å². The van der Waals surface area contributed by atoms with Crippen LogP contribution in [-0.2, 0) is 0 Å². The summed E-state index contributed by atoms with van der Waals surface area (Å²) in [6.45, 7) is 5.21. The highest BCUT2D eigenvalue weighted by Gasteiger charge is 2.23. The highest BCUT2D eigenvalue weighted by Crippen LogP contribution is 2.31. The summed E-state index contributed by atoms with van der Waals surface area (Å²) in [6.07, 6.45) is 3.83. The van der Waals surface area contributed by atoms with Gasteiger partial charge in [0.2, 0.25) is 0 Å². The predicted octanol–water partition coefficient (Wildman–Crippen LogP) is 4.22. The Hall–Kier alpha value is -0.0900. The van der Waals surface area contributed by atoms with E-state index in [-0.39, 0.29) is 6.04 Å². The molecule has 1 fully saturated rings. The second-order valence-electron chi connectivity index (χ2n) is 5.49. The topological polar surface area (TPSA) is 29.3 Å². The summed E-state index contributed by atoms with van der Waals surface area (Å²) in [4.78, 5) is 2.50. The first-order chi connectivity index (χ1) is 9.11. The molecule has 1 saturated heterocycles. The molecular weight excluding hydrogens is 324 g/mol. The van der Waals surface area contributed by atoms with Crippen molar-refractivity contribution in [2.75, 3.05) is 19.6 Å². The Kier molecular flexibility index (Phi) is 5.70. The molecule has 2 atom stereocenters. The molecule has 19 heavy (non-hydrogen) atoms. The van der Waals surface area contributed by atoms with Gasteiger partial charge < -0.3 is 5.73 Å². The molecule has 2 rings (SSSR count). The second kappa shape index (κ2) is 7.07. The SMILES string of the molecule is CC1CCCN(C(CN)c2ccc(Br)cc2Cl)CC1. The quantitative estimate of drug-likeness (QED) is 0.888. The van der Waals surface area contributed by atoms with Crippen LogP contribution in [0.5, 0.6) is 0 Å². The van der Waals surface area contributed by atoms with Gasteiger partial charge in [0.15, 0.2) is 0 Å². The third kappa shape index (κ3) is 3.94. The minimum absolute atomic E-state index is 0.242. The lowest BCUT2D eigenvalue weighted by Gasteiger charge is -2.30. The standard InChI is InChI=1S/C15H22BrClN2/c1-11-3-2-7-19(8-6-11)15(10-18)13-5-4-12(16)9-14(13)17/h4-5,9,11,15H,2-3,6-8,10,18H2,1H3. The molecule has 0 aliphatic carbocycles. The van der Waals surface area contributed by atoms with E-state index < -0.39 is 0 Å². The summed E-state index contributed by atoms with van der Waals surface area (Å²) in [6, 6.07) is 6.34. The number of likely N-dealkylation sites (tertiary alicyclic amines) is 1. The van der Waals surface area contributed by atoms with Gasteiger partial charge in [-0.15, -0.1) is 0 Å². The van der Waals surface area contributed by atoms with Crippen LogP contribution in [0.2, 0.25) is 5.02 Å². The largest absolute Gasteiger partial charge is 0.329 e. The van der Waals surface area contributed by atoms with Gasteiger partial charge in [0.1, 0.15) is 0 Å². The zero-order valence-electron chi connectivity index (χ0n) is 11.4. The van der Waals surface area contributed by atoms with Gasteiger partial charge in [-0.2, -0.15) is 0 Å². The van der Waals surface area contributed by atoms with Crippen molar-refractivity contribution in [2.45, 2.75) is 32.2 Å². The molecule has 2 nitrogen and oxygen atoms in total. The number of nitrogens with two attached hydrogens (primary N) is 1. The fraction of sp³-hybridized carbons (Fsp3) is 0.600. The molecule has 0 radical (unpaired) electrons. The second-order valence-corrected chi connectivity index (χ2v) is 6.81. The molecule has 2 N–H and O–H groups in total. The Bertz CT molecular complexity index is 425. The molecule has 0 bridgehead atoms. The van der Waals surface area contributed by atoms with Gasteiger partial charge >= 0.3 is 0 Å². The molecular formula is C15H22BrClN2. The van der Waals surface area contributed by atoms with Gasteiger partial charge in [0.25, 0.3) is 0 Å². The molecule has 1 aromatic carbocycles. The van der Waals surface area contributed by atoms with E-state index in [1.807, 2.05) is 12.1 Å². The molecule has 106 valence electrons. The fourth-order valence-electron chi connectivity index (χ4n) is 2.84. The van der Waals surface area contributed by atoms with E-state index in [4.69, 9.17) is 17.3 Å². The van der Waals surface area contributed by atoms with Gasteiger partial charge in [-0.3, -0.25) is 4.90 Å². The van der Waals surface area contributed by atoms with Gasteiger partial charge in [-0.25, -0.2) is 0 Å². The van der Waals surface area contributed by atoms with Crippen LogP contribution in [0.3, 0.4) is 0 Å². The smallest absolute Gasteiger partial charge is 0.0485 e. The highest BCUT2D eigenvalue weighted by molar-refractivity contribution is 9.10. The van der Waals surface area contributed by atoms with Crippen LogP contribution in [-0.4, -0.2) is 24.5 Å². The Labute approximate surface area is 129 Å². The molecule has 0 aromatic heterocycles.